The van der Waals surface area contributed by atoms with Crippen LogP contribution in [0.5, 0.6) is 0 Å². The molecule has 1 aromatic carbocycles. The molecule has 0 unspecified atom stereocenters. The zero-order valence-electron chi connectivity index (χ0n) is 11.3. The van der Waals surface area contributed by atoms with Crippen LogP contribution in [0.1, 0.15) is 5.56 Å². The highest BCUT2D eigenvalue weighted by molar-refractivity contribution is 7.81. The molecule has 3 nitrogen and oxygen atoms in total. The standard InChI is InChI=1S/C14H19N3S/c1-16(2)10-13(12-8-6-5-7-9-12)14(18)15-11-17(3)4/h5-11H,1-4H3/b13-10+,15-11?. The van der Waals surface area contributed by atoms with Gasteiger partial charge in [0.15, 0.2) is 0 Å². The van der Waals surface area contributed by atoms with Crippen LogP contribution >= 0.6 is 12.2 Å². The van der Waals surface area contributed by atoms with Gasteiger partial charge in [-0.15, -0.1) is 0 Å². The molecule has 18 heavy (non-hydrogen) atoms. The predicted octanol–water partition coefficient (Wildman–Crippen LogP) is 2.51. The van der Waals surface area contributed by atoms with Gasteiger partial charge in [0.05, 0.1) is 6.34 Å². The molecule has 0 spiro atoms. The molecule has 96 valence electrons. The molecule has 0 aromatic heterocycles. The van der Waals surface area contributed by atoms with E-state index in [1.807, 2.05) is 74.5 Å². The van der Waals surface area contributed by atoms with E-state index in [0.717, 1.165) is 11.1 Å². The van der Waals surface area contributed by atoms with Crippen LogP contribution in [0.25, 0.3) is 5.57 Å². The van der Waals surface area contributed by atoms with Gasteiger partial charge >= 0.3 is 0 Å². The minimum atomic E-state index is 0.587. The first-order valence-corrected chi connectivity index (χ1v) is 6.10. The van der Waals surface area contributed by atoms with Crippen molar-refractivity contribution in [2.45, 2.75) is 0 Å². The molecule has 0 aliphatic rings. The third kappa shape index (κ3) is 4.67. The summed E-state index contributed by atoms with van der Waals surface area (Å²) in [5, 5.41) is 0. The lowest BCUT2D eigenvalue weighted by Gasteiger charge is -2.12. The van der Waals surface area contributed by atoms with Crippen LogP contribution < -0.4 is 0 Å². The third-order valence-corrected chi connectivity index (χ3v) is 2.43. The summed E-state index contributed by atoms with van der Waals surface area (Å²) in [7, 11) is 7.79. The summed E-state index contributed by atoms with van der Waals surface area (Å²) in [6.07, 6.45) is 3.71. The third-order valence-electron chi connectivity index (χ3n) is 2.11. The summed E-state index contributed by atoms with van der Waals surface area (Å²) in [5.41, 5.74) is 2.03. The van der Waals surface area contributed by atoms with Crippen molar-refractivity contribution in [3.05, 3.63) is 42.1 Å². The van der Waals surface area contributed by atoms with Gasteiger partial charge in [-0.25, -0.2) is 4.99 Å². The lowest BCUT2D eigenvalue weighted by Crippen LogP contribution is -2.11. The van der Waals surface area contributed by atoms with Gasteiger partial charge in [-0.05, 0) is 5.56 Å². The second kappa shape index (κ2) is 6.91. The average molecular weight is 261 g/mol. The largest absolute Gasteiger partial charge is 0.383 e. The number of thiocarbonyl (C=S) groups is 1. The molecule has 0 N–H and O–H groups in total. The Bertz CT molecular complexity index is 447. The van der Waals surface area contributed by atoms with Crippen molar-refractivity contribution in [1.82, 2.24) is 9.80 Å². The summed E-state index contributed by atoms with van der Waals surface area (Å²) in [6.45, 7) is 0. The van der Waals surface area contributed by atoms with E-state index in [2.05, 4.69) is 4.99 Å². The molecular formula is C14H19N3S. The monoisotopic (exact) mass is 261 g/mol. The van der Waals surface area contributed by atoms with Gasteiger partial charge in [0.2, 0.25) is 0 Å². The van der Waals surface area contributed by atoms with E-state index in [9.17, 15) is 0 Å². The molecule has 0 heterocycles. The lowest BCUT2D eigenvalue weighted by atomic mass is 10.1. The van der Waals surface area contributed by atoms with E-state index in [1.54, 1.807) is 6.34 Å². The Labute approximate surface area is 114 Å². The van der Waals surface area contributed by atoms with Gasteiger partial charge in [0.1, 0.15) is 4.99 Å². The summed E-state index contributed by atoms with van der Waals surface area (Å²) in [4.78, 5) is 8.72. The van der Waals surface area contributed by atoms with E-state index in [4.69, 9.17) is 12.2 Å². The fraction of sp³-hybridized carbons (Fsp3) is 0.286. The molecule has 0 aliphatic heterocycles. The average Bonchev–Trinajstić information content (AvgIpc) is 2.34. The number of rotatable bonds is 4. The van der Waals surface area contributed by atoms with E-state index in [1.165, 1.54) is 0 Å². The minimum absolute atomic E-state index is 0.587. The highest BCUT2D eigenvalue weighted by Crippen LogP contribution is 2.17. The fourth-order valence-electron chi connectivity index (χ4n) is 1.37. The maximum atomic E-state index is 5.37. The summed E-state index contributed by atoms with van der Waals surface area (Å²) < 4.78 is 0. The van der Waals surface area contributed by atoms with E-state index >= 15 is 0 Å². The molecule has 1 rings (SSSR count). The van der Waals surface area contributed by atoms with E-state index in [-0.39, 0.29) is 0 Å². The lowest BCUT2D eigenvalue weighted by molar-refractivity contribution is 0.566. The zero-order valence-corrected chi connectivity index (χ0v) is 12.1. The second-order valence-corrected chi connectivity index (χ2v) is 4.77. The Hall–Kier alpha value is -1.68. The first-order valence-electron chi connectivity index (χ1n) is 5.69. The second-order valence-electron chi connectivity index (χ2n) is 4.39. The summed E-state index contributed by atoms with van der Waals surface area (Å²) >= 11 is 5.37. The van der Waals surface area contributed by atoms with Crippen molar-refractivity contribution in [1.29, 1.82) is 0 Å². The molecule has 0 radical (unpaired) electrons. The molecule has 0 fully saturated rings. The molecule has 0 aliphatic carbocycles. The van der Waals surface area contributed by atoms with Crippen molar-refractivity contribution in [2.75, 3.05) is 28.2 Å². The number of hydrogen-bond donors (Lipinski definition) is 0. The molecule has 0 bridgehead atoms. The minimum Gasteiger partial charge on any atom is -0.383 e. The first kappa shape index (κ1) is 14.4. The summed E-state index contributed by atoms with van der Waals surface area (Å²) in [6, 6.07) is 10.1. The Morgan fingerprint density at radius 3 is 2.17 bits per heavy atom. The fourth-order valence-corrected chi connectivity index (χ4v) is 1.58. The Morgan fingerprint density at radius 1 is 1.06 bits per heavy atom. The van der Waals surface area contributed by atoms with Crippen molar-refractivity contribution < 1.29 is 0 Å². The molecule has 0 saturated carbocycles. The Balaban J connectivity index is 3.05. The van der Waals surface area contributed by atoms with Crippen molar-refractivity contribution >= 4 is 29.1 Å². The quantitative estimate of drug-likeness (QED) is 0.359. The number of aliphatic imine (C=N–C) groups is 1. The molecular weight excluding hydrogens is 242 g/mol. The van der Waals surface area contributed by atoms with Crippen LogP contribution in [0.2, 0.25) is 0 Å². The van der Waals surface area contributed by atoms with Gasteiger partial charge in [-0.3, -0.25) is 0 Å². The zero-order chi connectivity index (χ0) is 13.5. The maximum Gasteiger partial charge on any atom is 0.137 e. The Kier molecular flexibility index (Phi) is 5.52. The van der Waals surface area contributed by atoms with Crippen LogP contribution in [0.4, 0.5) is 0 Å². The van der Waals surface area contributed by atoms with Crippen molar-refractivity contribution in [2.24, 2.45) is 4.99 Å². The molecule has 4 heteroatoms. The number of hydrogen-bond acceptors (Lipinski definition) is 2. The number of nitrogens with zero attached hydrogens (tertiary/aromatic N) is 3. The summed E-state index contributed by atoms with van der Waals surface area (Å²) in [5.74, 6) is 0. The van der Waals surface area contributed by atoms with Gasteiger partial charge in [0, 0.05) is 40.0 Å². The predicted molar refractivity (Wildman–Crippen MR) is 82.9 cm³/mol. The van der Waals surface area contributed by atoms with Crippen molar-refractivity contribution in [3.63, 3.8) is 0 Å². The highest BCUT2D eigenvalue weighted by Gasteiger charge is 2.06. The topological polar surface area (TPSA) is 18.8 Å². The molecule has 0 atom stereocenters. The Morgan fingerprint density at radius 2 is 1.67 bits per heavy atom. The van der Waals surface area contributed by atoms with E-state index < -0.39 is 0 Å². The van der Waals surface area contributed by atoms with Gasteiger partial charge in [0.25, 0.3) is 0 Å². The molecule has 0 amide bonds. The van der Waals surface area contributed by atoms with Gasteiger partial charge < -0.3 is 9.80 Å². The van der Waals surface area contributed by atoms with Crippen LogP contribution in [0.15, 0.2) is 41.5 Å². The van der Waals surface area contributed by atoms with Crippen molar-refractivity contribution in [3.8, 4) is 0 Å². The van der Waals surface area contributed by atoms with E-state index in [0.29, 0.717) is 4.99 Å². The van der Waals surface area contributed by atoms with Crippen LogP contribution in [-0.2, 0) is 0 Å². The van der Waals surface area contributed by atoms with Gasteiger partial charge in [-0.1, -0.05) is 42.5 Å². The normalized spacial score (nSPS) is 11.7. The molecule has 0 saturated heterocycles. The van der Waals surface area contributed by atoms with Crippen LogP contribution in [-0.4, -0.2) is 49.3 Å². The first-order chi connectivity index (χ1) is 8.50. The van der Waals surface area contributed by atoms with Crippen LogP contribution in [0.3, 0.4) is 0 Å². The van der Waals surface area contributed by atoms with Crippen LogP contribution in [0, 0.1) is 0 Å². The SMILES string of the molecule is CN(C)C=NC(=S)/C(=C/N(C)C)c1ccccc1. The smallest absolute Gasteiger partial charge is 0.137 e. The maximum absolute atomic E-state index is 5.37. The van der Waals surface area contributed by atoms with Gasteiger partial charge in [-0.2, -0.15) is 0 Å². The molecule has 1 aromatic rings. The highest BCUT2D eigenvalue weighted by atomic mass is 32.1. The number of benzene rings is 1.